The van der Waals surface area contributed by atoms with Crippen LogP contribution in [0.15, 0.2) is 24.3 Å². The van der Waals surface area contributed by atoms with Crippen LogP contribution in [0.3, 0.4) is 0 Å². The predicted octanol–water partition coefficient (Wildman–Crippen LogP) is 2.85. The Kier molecular flexibility index (Phi) is 4.34. The summed E-state index contributed by atoms with van der Waals surface area (Å²) >= 11 is 6.07. The molecule has 2 N–H and O–H groups in total. The molecule has 1 aliphatic heterocycles. The molecule has 3 rings (SSSR count). The third-order valence-electron chi connectivity index (χ3n) is 5.38. The predicted molar refractivity (Wildman–Crippen MR) is 88.5 cm³/mol. The molecule has 0 bridgehead atoms. The number of carboxylic acid groups (broad SMARTS) is 1. The molecular weight excluding hydrogens is 316 g/mol. The van der Waals surface area contributed by atoms with Crippen molar-refractivity contribution in [3.05, 3.63) is 29.3 Å². The van der Waals surface area contributed by atoms with Crippen LogP contribution in [0.4, 0.5) is 5.69 Å². The van der Waals surface area contributed by atoms with Crippen molar-refractivity contribution < 1.29 is 14.7 Å². The summed E-state index contributed by atoms with van der Waals surface area (Å²) in [7, 11) is 0. The van der Waals surface area contributed by atoms with Crippen molar-refractivity contribution in [3.8, 4) is 0 Å². The van der Waals surface area contributed by atoms with E-state index < -0.39 is 11.4 Å². The zero-order chi connectivity index (χ0) is 16.6. The lowest BCUT2D eigenvalue weighted by molar-refractivity contribution is -0.149. The van der Waals surface area contributed by atoms with Crippen molar-refractivity contribution in [1.82, 2.24) is 4.90 Å². The summed E-state index contributed by atoms with van der Waals surface area (Å²) in [6.07, 6.45) is 2.61. The molecule has 1 aliphatic carbocycles. The Morgan fingerprint density at radius 3 is 2.83 bits per heavy atom. The van der Waals surface area contributed by atoms with E-state index in [0.717, 1.165) is 12.8 Å². The Labute approximate surface area is 140 Å². The highest BCUT2D eigenvalue weighted by Gasteiger charge is 2.55. The Hall–Kier alpha value is -1.59. The lowest BCUT2D eigenvalue weighted by Gasteiger charge is -2.26. The van der Waals surface area contributed by atoms with Gasteiger partial charge in [-0.25, -0.2) is 0 Å². The summed E-state index contributed by atoms with van der Waals surface area (Å²) in [5.41, 5.74) is -0.0859. The quantitative estimate of drug-likeness (QED) is 0.887. The van der Waals surface area contributed by atoms with Crippen molar-refractivity contribution >= 4 is 29.2 Å². The molecule has 1 saturated heterocycles. The van der Waals surface area contributed by atoms with Gasteiger partial charge in [-0.1, -0.05) is 30.2 Å². The number of carboxylic acids is 1. The van der Waals surface area contributed by atoms with Crippen LogP contribution < -0.4 is 5.32 Å². The number of carbonyl (C=O) groups is 2. The van der Waals surface area contributed by atoms with Crippen LogP contribution in [0.1, 0.15) is 26.2 Å². The number of aliphatic carboxylic acids is 1. The highest BCUT2D eigenvalue weighted by Crippen LogP contribution is 2.49. The Morgan fingerprint density at radius 1 is 1.43 bits per heavy atom. The van der Waals surface area contributed by atoms with Crippen molar-refractivity contribution in [2.45, 2.75) is 32.2 Å². The highest BCUT2D eigenvalue weighted by atomic mass is 35.5. The first kappa shape index (κ1) is 16.3. The number of rotatable bonds is 4. The summed E-state index contributed by atoms with van der Waals surface area (Å²) in [4.78, 5) is 26.2. The topological polar surface area (TPSA) is 69.6 Å². The van der Waals surface area contributed by atoms with E-state index in [1.54, 1.807) is 18.2 Å². The van der Waals surface area contributed by atoms with Gasteiger partial charge >= 0.3 is 5.97 Å². The second kappa shape index (κ2) is 6.13. The van der Waals surface area contributed by atoms with Gasteiger partial charge in [0, 0.05) is 13.1 Å². The number of carbonyl (C=O) groups excluding carboxylic acids is 1. The van der Waals surface area contributed by atoms with Gasteiger partial charge in [-0.05, 0) is 37.8 Å². The maximum atomic E-state index is 12.5. The van der Waals surface area contributed by atoms with Gasteiger partial charge in [-0.2, -0.15) is 0 Å². The van der Waals surface area contributed by atoms with Crippen molar-refractivity contribution in [2.75, 3.05) is 18.4 Å². The van der Waals surface area contributed by atoms with E-state index in [-0.39, 0.29) is 17.9 Å². The zero-order valence-corrected chi connectivity index (χ0v) is 13.8. The third kappa shape index (κ3) is 2.83. The fraction of sp³-hybridized carbons (Fsp3) is 0.529. The molecule has 1 heterocycles. The highest BCUT2D eigenvalue weighted by molar-refractivity contribution is 6.33. The van der Waals surface area contributed by atoms with Gasteiger partial charge in [0.2, 0.25) is 5.91 Å². The van der Waals surface area contributed by atoms with Crippen LogP contribution in [-0.4, -0.2) is 41.0 Å². The first-order valence-corrected chi connectivity index (χ1v) is 8.35. The van der Waals surface area contributed by atoms with E-state index in [4.69, 9.17) is 11.6 Å². The molecule has 0 spiro atoms. The van der Waals surface area contributed by atoms with E-state index in [1.807, 2.05) is 17.9 Å². The molecule has 1 aromatic carbocycles. The number of likely N-dealkylation sites (tertiary alicyclic amines) is 1. The standard InChI is InChI=1S/C17H21ClN2O3/c1-11(15(21)19-14-7-3-2-6-13(14)18)20-9-12-5-4-8-17(12,10-20)16(22)23/h2-3,6-7,11-12H,4-5,8-10H2,1H3,(H,19,21)(H,22,23)/t11?,12-,17+/m0/s1. The molecule has 0 radical (unpaired) electrons. The fourth-order valence-corrected chi connectivity index (χ4v) is 4.12. The molecule has 23 heavy (non-hydrogen) atoms. The van der Waals surface area contributed by atoms with E-state index in [9.17, 15) is 14.7 Å². The summed E-state index contributed by atoms with van der Waals surface area (Å²) in [5, 5.41) is 13.0. The molecular formula is C17H21ClN2O3. The maximum absolute atomic E-state index is 12.5. The van der Waals surface area contributed by atoms with E-state index >= 15 is 0 Å². The smallest absolute Gasteiger partial charge is 0.311 e. The van der Waals surface area contributed by atoms with Crippen LogP contribution in [0.25, 0.3) is 0 Å². The Balaban J connectivity index is 1.69. The Bertz CT molecular complexity index is 636. The van der Waals surface area contributed by atoms with E-state index in [0.29, 0.717) is 30.2 Å². The minimum absolute atomic E-state index is 0.149. The average Bonchev–Trinajstić information content (AvgIpc) is 3.06. The summed E-state index contributed by atoms with van der Waals surface area (Å²) < 4.78 is 0. The molecule has 5 nitrogen and oxygen atoms in total. The number of hydrogen-bond donors (Lipinski definition) is 2. The summed E-state index contributed by atoms with van der Waals surface area (Å²) in [5.74, 6) is -0.726. The monoisotopic (exact) mass is 336 g/mol. The van der Waals surface area contributed by atoms with Gasteiger partial charge in [0.25, 0.3) is 0 Å². The molecule has 2 fully saturated rings. The van der Waals surface area contributed by atoms with Crippen molar-refractivity contribution in [1.29, 1.82) is 0 Å². The van der Waals surface area contributed by atoms with Crippen LogP contribution in [-0.2, 0) is 9.59 Å². The summed E-state index contributed by atoms with van der Waals surface area (Å²) in [6, 6.07) is 6.71. The average molecular weight is 337 g/mol. The number of nitrogens with one attached hydrogen (secondary N) is 1. The molecule has 0 aromatic heterocycles. The maximum Gasteiger partial charge on any atom is 0.311 e. The second-order valence-corrected chi connectivity index (χ2v) is 7.03. The van der Waals surface area contributed by atoms with E-state index in [2.05, 4.69) is 5.32 Å². The number of halogens is 1. The second-order valence-electron chi connectivity index (χ2n) is 6.62. The molecule has 3 atom stereocenters. The molecule has 1 aromatic rings. The lowest BCUT2D eigenvalue weighted by Crippen LogP contribution is -2.43. The van der Waals surface area contributed by atoms with Gasteiger partial charge in [0.05, 0.1) is 22.2 Å². The number of amides is 1. The third-order valence-corrected chi connectivity index (χ3v) is 5.71. The molecule has 1 saturated carbocycles. The minimum atomic E-state index is -0.721. The normalized spacial score (nSPS) is 28.3. The van der Waals surface area contributed by atoms with E-state index in [1.165, 1.54) is 0 Å². The molecule has 124 valence electrons. The number of nitrogens with zero attached hydrogens (tertiary/aromatic N) is 1. The summed E-state index contributed by atoms with van der Waals surface area (Å²) in [6.45, 7) is 2.94. The first-order chi connectivity index (χ1) is 10.9. The first-order valence-electron chi connectivity index (χ1n) is 7.97. The SMILES string of the molecule is CC(C(=O)Nc1ccccc1Cl)N1C[C@@H]2CCC[C@@]2(C(=O)O)C1. The fourth-order valence-electron chi connectivity index (χ4n) is 3.94. The van der Waals surface area contributed by atoms with Gasteiger partial charge < -0.3 is 10.4 Å². The van der Waals surface area contributed by atoms with Crippen molar-refractivity contribution in [2.24, 2.45) is 11.3 Å². The van der Waals surface area contributed by atoms with Crippen molar-refractivity contribution in [3.63, 3.8) is 0 Å². The molecule has 1 unspecified atom stereocenters. The van der Waals surface area contributed by atoms with Crippen LogP contribution in [0.5, 0.6) is 0 Å². The van der Waals surface area contributed by atoms with Gasteiger partial charge in [-0.15, -0.1) is 0 Å². The largest absolute Gasteiger partial charge is 0.481 e. The number of anilines is 1. The van der Waals surface area contributed by atoms with Gasteiger partial charge in [0.1, 0.15) is 0 Å². The number of fused-ring (bicyclic) bond motifs is 1. The van der Waals surface area contributed by atoms with Crippen LogP contribution in [0.2, 0.25) is 5.02 Å². The van der Waals surface area contributed by atoms with Crippen LogP contribution in [0, 0.1) is 11.3 Å². The molecule has 1 amide bonds. The number of hydrogen-bond acceptors (Lipinski definition) is 3. The van der Waals surface area contributed by atoms with Gasteiger partial charge in [0.15, 0.2) is 0 Å². The van der Waals surface area contributed by atoms with Crippen LogP contribution >= 0.6 is 11.6 Å². The number of benzene rings is 1. The molecule has 6 heteroatoms. The zero-order valence-electron chi connectivity index (χ0n) is 13.1. The minimum Gasteiger partial charge on any atom is -0.481 e. The lowest BCUT2D eigenvalue weighted by atomic mass is 9.81. The number of para-hydroxylation sites is 1. The Morgan fingerprint density at radius 2 is 2.17 bits per heavy atom. The van der Waals surface area contributed by atoms with Gasteiger partial charge in [-0.3, -0.25) is 14.5 Å². The molecule has 2 aliphatic rings.